The number of halogens is 1. The summed E-state index contributed by atoms with van der Waals surface area (Å²) >= 11 is 3.66. The standard InChI is InChI=1S/C18H30BrNO/c1-4-7-8-15(5-2)13-21-14-17-10-9-16(11-18(17)19)12-20-6-3/h9-11,15,20H,4-8,12-14H2,1-3H3. The highest BCUT2D eigenvalue weighted by Crippen LogP contribution is 2.21. The molecular weight excluding hydrogens is 326 g/mol. The van der Waals surface area contributed by atoms with Crippen LogP contribution in [0.4, 0.5) is 0 Å². The van der Waals surface area contributed by atoms with Crippen molar-refractivity contribution in [2.24, 2.45) is 5.92 Å². The number of unbranched alkanes of at least 4 members (excludes halogenated alkanes) is 1. The first-order valence-corrected chi connectivity index (χ1v) is 9.06. The topological polar surface area (TPSA) is 21.3 Å². The molecule has 0 aliphatic rings. The molecule has 0 radical (unpaired) electrons. The monoisotopic (exact) mass is 355 g/mol. The number of nitrogens with one attached hydrogen (secondary N) is 1. The van der Waals surface area contributed by atoms with Crippen LogP contribution in [0.1, 0.15) is 57.6 Å². The molecule has 0 saturated carbocycles. The Morgan fingerprint density at radius 3 is 2.67 bits per heavy atom. The van der Waals surface area contributed by atoms with Crippen LogP contribution in [0.2, 0.25) is 0 Å². The molecule has 0 fully saturated rings. The molecule has 3 heteroatoms. The van der Waals surface area contributed by atoms with Crippen molar-refractivity contribution in [3.63, 3.8) is 0 Å². The molecule has 2 nitrogen and oxygen atoms in total. The average Bonchev–Trinajstić information content (AvgIpc) is 2.50. The first-order chi connectivity index (χ1) is 10.2. The van der Waals surface area contributed by atoms with E-state index in [2.05, 4.69) is 60.2 Å². The Labute approximate surface area is 138 Å². The third-order valence-corrected chi connectivity index (χ3v) is 4.59. The molecule has 120 valence electrons. The quantitative estimate of drug-likeness (QED) is 0.582. The Balaban J connectivity index is 2.40. The van der Waals surface area contributed by atoms with Crippen LogP contribution >= 0.6 is 15.9 Å². The van der Waals surface area contributed by atoms with Crippen molar-refractivity contribution < 1.29 is 4.74 Å². The normalized spacial score (nSPS) is 12.6. The molecule has 0 saturated heterocycles. The highest BCUT2D eigenvalue weighted by atomic mass is 79.9. The first-order valence-electron chi connectivity index (χ1n) is 8.26. The van der Waals surface area contributed by atoms with Crippen molar-refractivity contribution in [1.29, 1.82) is 0 Å². The molecule has 1 atom stereocenters. The van der Waals surface area contributed by atoms with E-state index in [1.807, 2.05) is 0 Å². The van der Waals surface area contributed by atoms with Crippen molar-refractivity contribution in [3.05, 3.63) is 33.8 Å². The zero-order chi connectivity index (χ0) is 15.5. The minimum absolute atomic E-state index is 0.699. The van der Waals surface area contributed by atoms with Crippen LogP contribution in [-0.4, -0.2) is 13.2 Å². The summed E-state index contributed by atoms with van der Waals surface area (Å²) in [7, 11) is 0. The van der Waals surface area contributed by atoms with E-state index in [9.17, 15) is 0 Å². The lowest BCUT2D eigenvalue weighted by Gasteiger charge is -2.15. The Morgan fingerprint density at radius 1 is 1.24 bits per heavy atom. The number of hydrogen-bond acceptors (Lipinski definition) is 2. The smallest absolute Gasteiger partial charge is 0.0727 e. The second-order valence-corrected chi connectivity index (χ2v) is 6.49. The molecule has 1 unspecified atom stereocenters. The highest BCUT2D eigenvalue weighted by Gasteiger charge is 2.07. The predicted molar refractivity (Wildman–Crippen MR) is 94.5 cm³/mol. The molecule has 1 aromatic carbocycles. The van der Waals surface area contributed by atoms with Crippen LogP contribution in [0.15, 0.2) is 22.7 Å². The zero-order valence-corrected chi connectivity index (χ0v) is 15.3. The third kappa shape index (κ3) is 7.44. The van der Waals surface area contributed by atoms with E-state index in [-0.39, 0.29) is 0 Å². The summed E-state index contributed by atoms with van der Waals surface area (Å²) in [6, 6.07) is 6.54. The van der Waals surface area contributed by atoms with Gasteiger partial charge in [-0.25, -0.2) is 0 Å². The van der Waals surface area contributed by atoms with Crippen LogP contribution in [-0.2, 0) is 17.9 Å². The van der Waals surface area contributed by atoms with Crippen molar-refractivity contribution in [2.45, 2.75) is 59.6 Å². The van der Waals surface area contributed by atoms with Crippen LogP contribution in [0.5, 0.6) is 0 Å². The lowest BCUT2D eigenvalue weighted by molar-refractivity contribution is 0.0816. The molecule has 1 N–H and O–H groups in total. The van der Waals surface area contributed by atoms with E-state index >= 15 is 0 Å². The van der Waals surface area contributed by atoms with Gasteiger partial charge in [-0.1, -0.05) is 68.1 Å². The maximum atomic E-state index is 5.93. The summed E-state index contributed by atoms with van der Waals surface area (Å²) in [5, 5.41) is 3.34. The Bertz CT molecular complexity index is 395. The maximum Gasteiger partial charge on any atom is 0.0727 e. The van der Waals surface area contributed by atoms with E-state index in [1.54, 1.807) is 0 Å². The number of ether oxygens (including phenoxy) is 1. The average molecular weight is 356 g/mol. The van der Waals surface area contributed by atoms with Crippen molar-refractivity contribution in [2.75, 3.05) is 13.2 Å². The Kier molecular flexibility index (Phi) is 9.98. The van der Waals surface area contributed by atoms with E-state index in [0.717, 1.165) is 24.2 Å². The van der Waals surface area contributed by atoms with Gasteiger partial charge in [-0.05, 0) is 36.1 Å². The first kappa shape index (κ1) is 18.7. The lowest BCUT2D eigenvalue weighted by atomic mass is 10.0. The van der Waals surface area contributed by atoms with Gasteiger partial charge in [0, 0.05) is 17.6 Å². The molecule has 0 heterocycles. The molecular formula is C18H30BrNO. The molecule has 0 spiro atoms. The minimum Gasteiger partial charge on any atom is -0.376 e. The molecule has 0 aliphatic carbocycles. The van der Waals surface area contributed by atoms with Gasteiger partial charge in [0.25, 0.3) is 0 Å². The second-order valence-electron chi connectivity index (χ2n) is 5.64. The number of benzene rings is 1. The van der Waals surface area contributed by atoms with E-state index in [4.69, 9.17) is 4.74 Å². The SMILES string of the molecule is CCCCC(CC)COCc1ccc(CNCC)cc1Br. The van der Waals surface area contributed by atoms with Crippen LogP contribution in [0, 0.1) is 5.92 Å². The summed E-state index contributed by atoms with van der Waals surface area (Å²) in [4.78, 5) is 0. The largest absolute Gasteiger partial charge is 0.376 e. The number of hydrogen-bond donors (Lipinski definition) is 1. The second kappa shape index (κ2) is 11.2. The van der Waals surface area contributed by atoms with Gasteiger partial charge in [-0.3, -0.25) is 0 Å². The van der Waals surface area contributed by atoms with Gasteiger partial charge in [0.05, 0.1) is 6.61 Å². The lowest BCUT2D eigenvalue weighted by Crippen LogP contribution is -2.12. The van der Waals surface area contributed by atoms with Crippen LogP contribution < -0.4 is 5.32 Å². The molecule has 0 aromatic heterocycles. The number of rotatable bonds is 11. The molecule has 1 rings (SSSR count). The fourth-order valence-corrected chi connectivity index (χ4v) is 2.86. The Morgan fingerprint density at radius 2 is 2.05 bits per heavy atom. The summed E-state index contributed by atoms with van der Waals surface area (Å²) in [6.07, 6.45) is 5.08. The summed E-state index contributed by atoms with van der Waals surface area (Å²) in [5.41, 5.74) is 2.54. The van der Waals surface area contributed by atoms with Gasteiger partial charge in [-0.15, -0.1) is 0 Å². The molecule has 0 aliphatic heterocycles. The summed E-state index contributed by atoms with van der Waals surface area (Å²) < 4.78 is 7.08. The van der Waals surface area contributed by atoms with Gasteiger partial charge in [0.15, 0.2) is 0 Å². The predicted octanol–water partition coefficient (Wildman–Crippen LogP) is 5.29. The van der Waals surface area contributed by atoms with Crippen molar-refractivity contribution >= 4 is 15.9 Å². The molecule has 1 aromatic rings. The fourth-order valence-electron chi connectivity index (χ4n) is 2.32. The van der Waals surface area contributed by atoms with Crippen LogP contribution in [0.3, 0.4) is 0 Å². The van der Waals surface area contributed by atoms with Crippen molar-refractivity contribution in [1.82, 2.24) is 5.32 Å². The molecule has 0 bridgehead atoms. The van der Waals surface area contributed by atoms with Crippen LogP contribution in [0.25, 0.3) is 0 Å². The summed E-state index contributed by atoms with van der Waals surface area (Å²) in [5.74, 6) is 0.705. The zero-order valence-electron chi connectivity index (χ0n) is 13.8. The van der Waals surface area contributed by atoms with Gasteiger partial charge in [0.2, 0.25) is 0 Å². The van der Waals surface area contributed by atoms with Gasteiger partial charge in [0.1, 0.15) is 0 Å². The van der Waals surface area contributed by atoms with E-state index in [0.29, 0.717) is 12.5 Å². The van der Waals surface area contributed by atoms with Crippen molar-refractivity contribution in [3.8, 4) is 0 Å². The minimum atomic E-state index is 0.699. The Hall–Kier alpha value is -0.380. The van der Waals surface area contributed by atoms with Gasteiger partial charge < -0.3 is 10.1 Å². The highest BCUT2D eigenvalue weighted by molar-refractivity contribution is 9.10. The summed E-state index contributed by atoms with van der Waals surface area (Å²) in [6.45, 7) is 10.1. The van der Waals surface area contributed by atoms with Gasteiger partial charge >= 0.3 is 0 Å². The van der Waals surface area contributed by atoms with E-state index in [1.165, 1.54) is 36.8 Å². The fraction of sp³-hybridized carbons (Fsp3) is 0.667. The molecule has 0 amide bonds. The third-order valence-electron chi connectivity index (χ3n) is 3.85. The van der Waals surface area contributed by atoms with E-state index < -0.39 is 0 Å². The maximum absolute atomic E-state index is 5.93. The molecule has 21 heavy (non-hydrogen) atoms. The van der Waals surface area contributed by atoms with Gasteiger partial charge in [-0.2, -0.15) is 0 Å².